The number of hydrogen-bond acceptors (Lipinski definition) is 6. The maximum absolute atomic E-state index is 12.6. The second kappa shape index (κ2) is 8.56. The standard InChI is InChI=1S/C21H20F3N3O5/c22-21(23,24)32-17-4-1-13(2-5-17)12-31-20(30)27-10-14-8-26(9-15(14)11-27)19(29)18-6-3-16(28)7-25-18/h1-7,14-15,28H,8-12H2/t14-,15-/m0/s1. The Morgan fingerprint density at radius 2 is 1.62 bits per heavy atom. The number of pyridine rings is 1. The summed E-state index contributed by atoms with van der Waals surface area (Å²) in [7, 11) is 0. The SMILES string of the molecule is O=C(OCc1ccc(OC(F)(F)F)cc1)N1C[C@@H]2CN(C(=O)c3ccc(O)cn3)C[C@H]2C1. The van der Waals surface area contributed by atoms with E-state index in [0.717, 1.165) is 12.1 Å². The molecule has 4 rings (SSSR count). The van der Waals surface area contributed by atoms with Crippen molar-refractivity contribution in [2.24, 2.45) is 11.8 Å². The van der Waals surface area contributed by atoms with E-state index < -0.39 is 12.5 Å². The van der Waals surface area contributed by atoms with Crippen LogP contribution in [-0.4, -0.2) is 64.4 Å². The summed E-state index contributed by atoms with van der Waals surface area (Å²) in [5, 5.41) is 9.30. The van der Waals surface area contributed by atoms with Crippen molar-refractivity contribution < 1.29 is 37.3 Å². The number of carbonyl (C=O) groups excluding carboxylic acids is 2. The first kappa shape index (κ1) is 21.7. The van der Waals surface area contributed by atoms with Crippen LogP contribution in [0.1, 0.15) is 16.1 Å². The van der Waals surface area contributed by atoms with Gasteiger partial charge in [0.25, 0.3) is 5.91 Å². The van der Waals surface area contributed by atoms with Crippen LogP contribution in [0.3, 0.4) is 0 Å². The molecule has 2 amide bonds. The number of aromatic hydroxyl groups is 1. The maximum atomic E-state index is 12.6. The Labute approximate surface area is 181 Å². The highest BCUT2D eigenvalue weighted by atomic mass is 19.4. The molecule has 0 radical (unpaired) electrons. The lowest BCUT2D eigenvalue weighted by Gasteiger charge is -2.21. The third-order valence-corrected chi connectivity index (χ3v) is 5.52. The number of halogens is 3. The highest BCUT2D eigenvalue weighted by Gasteiger charge is 2.43. The maximum Gasteiger partial charge on any atom is 0.573 e. The van der Waals surface area contributed by atoms with Crippen LogP contribution in [0.15, 0.2) is 42.6 Å². The van der Waals surface area contributed by atoms with Crippen molar-refractivity contribution in [1.29, 1.82) is 0 Å². The number of carbonyl (C=O) groups is 2. The van der Waals surface area contributed by atoms with Crippen LogP contribution in [-0.2, 0) is 11.3 Å². The molecule has 0 bridgehead atoms. The summed E-state index contributed by atoms with van der Waals surface area (Å²) < 4.78 is 45.7. The first-order valence-electron chi connectivity index (χ1n) is 9.88. The van der Waals surface area contributed by atoms with Crippen LogP contribution in [0.5, 0.6) is 11.5 Å². The molecule has 1 aromatic heterocycles. The molecule has 1 aromatic carbocycles. The highest BCUT2D eigenvalue weighted by molar-refractivity contribution is 5.92. The number of fused-ring (bicyclic) bond motifs is 1. The van der Waals surface area contributed by atoms with Crippen LogP contribution in [0.25, 0.3) is 0 Å². The molecule has 170 valence electrons. The lowest BCUT2D eigenvalue weighted by molar-refractivity contribution is -0.274. The summed E-state index contributed by atoms with van der Waals surface area (Å²) in [6.45, 7) is 1.82. The smallest absolute Gasteiger partial charge is 0.506 e. The van der Waals surface area contributed by atoms with Crippen molar-refractivity contribution in [3.63, 3.8) is 0 Å². The van der Waals surface area contributed by atoms with Crippen LogP contribution in [0.4, 0.5) is 18.0 Å². The molecule has 2 atom stereocenters. The average Bonchev–Trinajstić information content (AvgIpc) is 3.31. The minimum absolute atomic E-state index is 0.0143. The number of alkyl halides is 3. The molecular formula is C21H20F3N3O5. The van der Waals surface area contributed by atoms with E-state index in [-0.39, 0.29) is 41.5 Å². The monoisotopic (exact) mass is 451 g/mol. The Bertz CT molecular complexity index is 968. The zero-order chi connectivity index (χ0) is 22.9. The minimum atomic E-state index is -4.76. The lowest BCUT2D eigenvalue weighted by atomic mass is 10.0. The zero-order valence-electron chi connectivity index (χ0n) is 16.8. The predicted octanol–water partition coefficient (Wildman–Crippen LogP) is 3.03. The zero-order valence-corrected chi connectivity index (χ0v) is 16.8. The van der Waals surface area contributed by atoms with Gasteiger partial charge in [-0.2, -0.15) is 0 Å². The molecule has 32 heavy (non-hydrogen) atoms. The molecule has 2 fully saturated rings. The van der Waals surface area contributed by atoms with E-state index in [1.54, 1.807) is 9.80 Å². The van der Waals surface area contributed by atoms with E-state index >= 15 is 0 Å². The number of amides is 2. The average molecular weight is 451 g/mol. The summed E-state index contributed by atoms with van der Waals surface area (Å²) in [6.07, 6.45) is -4.05. The van der Waals surface area contributed by atoms with Gasteiger partial charge in [0.2, 0.25) is 0 Å². The number of ether oxygens (including phenoxy) is 2. The number of benzene rings is 1. The lowest BCUT2D eigenvalue weighted by Crippen LogP contribution is -2.36. The third-order valence-electron chi connectivity index (χ3n) is 5.52. The van der Waals surface area contributed by atoms with Gasteiger partial charge in [-0.15, -0.1) is 13.2 Å². The molecule has 3 heterocycles. The molecule has 2 aromatic rings. The first-order valence-corrected chi connectivity index (χ1v) is 9.88. The van der Waals surface area contributed by atoms with Gasteiger partial charge in [0.05, 0.1) is 6.20 Å². The minimum Gasteiger partial charge on any atom is -0.506 e. The van der Waals surface area contributed by atoms with Gasteiger partial charge in [0.15, 0.2) is 0 Å². The molecule has 2 aliphatic heterocycles. The summed E-state index contributed by atoms with van der Waals surface area (Å²) in [5.74, 6) is -0.322. The quantitative estimate of drug-likeness (QED) is 0.769. The molecule has 0 spiro atoms. The van der Waals surface area contributed by atoms with Crippen molar-refractivity contribution in [2.45, 2.75) is 13.0 Å². The van der Waals surface area contributed by atoms with Crippen molar-refractivity contribution in [3.05, 3.63) is 53.9 Å². The van der Waals surface area contributed by atoms with Crippen molar-refractivity contribution >= 4 is 12.0 Å². The number of aromatic nitrogens is 1. The van der Waals surface area contributed by atoms with Gasteiger partial charge < -0.3 is 24.4 Å². The molecule has 2 aliphatic rings. The Balaban J connectivity index is 1.25. The molecule has 0 saturated carbocycles. The van der Waals surface area contributed by atoms with Gasteiger partial charge in [-0.3, -0.25) is 4.79 Å². The Morgan fingerprint density at radius 1 is 1.00 bits per heavy atom. The topological polar surface area (TPSA) is 92.2 Å². The van der Waals surface area contributed by atoms with Gasteiger partial charge in [0, 0.05) is 38.0 Å². The molecule has 1 N–H and O–H groups in total. The summed E-state index contributed by atoms with van der Waals surface area (Å²) in [5.41, 5.74) is 0.788. The van der Waals surface area contributed by atoms with Crippen molar-refractivity contribution in [1.82, 2.24) is 14.8 Å². The molecule has 0 unspecified atom stereocenters. The van der Waals surface area contributed by atoms with E-state index in [9.17, 15) is 27.9 Å². The Hall–Kier alpha value is -3.50. The van der Waals surface area contributed by atoms with Crippen molar-refractivity contribution in [3.8, 4) is 11.5 Å². The summed E-state index contributed by atoms with van der Waals surface area (Å²) >= 11 is 0. The van der Waals surface area contributed by atoms with E-state index in [0.29, 0.717) is 31.7 Å². The Morgan fingerprint density at radius 3 is 2.19 bits per heavy atom. The van der Waals surface area contributed by atoms with Crippen LogP contribution >= 0.6 is 0 Å². The second-order valence-electron chi connectivity index (χ2n) is 7.78. The molecule has 2 saturated heterocycles. The number of nitrogens with zero attached hydrogens (tertiary/aromatic N) is 3. The summed E-state index contributed by atoms with van der Waals surface area (Å²) in [6, 6.07) is 7.99. The fourth-order valence-corrected chi connectivity index (χ4v) is 4.01. The first-order chi connectivity index (χ1) is 15.2. The van der Waals surface area contributed by atoms with E-state index in [4.69, 9.17) is 4.74 Å². The fourth-order valence-electron chi connectivity index (χ4n) is 4.01. The van der Waals surface area contributed by atoms with Crippen LogP contribution < -0.4 is 4.74 Å². The number of hydrogen-bond donors (Lipinski definition) is 1. The van der Waals surface area contributed by atoms with E-state index in [1.165, 1.54) is 30.5 Å². The molecular weight excluding hydrogens is 431 g/mol. The molecule has 0 aliphatic carbocycles. The second-order valence-corrected chi connectivity index (χ2v) is 7.78. The Kier molecular flexibility index (Phi) is 5.81. The van der Waals surface area contributed by atoms with Gasteiger partial charge in [-0.05, 0) is 29.8 Å². The normalized spacial score (nSPS) is 20.2. The fraction of sp³-hybridized carbons (Fsp3) is 0.381. The van der Waals surface area contributed by atoms with E-state index in [2.05, 4.69) is 9.72 Å². The van der Waals surface area contributed by atoms with Crippen molar-refractivity contribution in [2.75, 3.05) is 26.2 Å². The third kappa shape index (κ3) is 5.04. The number of likely N-dealkylation sites (tertiary alicyclic amines) is 2. The number of rotatable bonds is 4. The van der Waals surface area contributed by atoms with Gasteiger partial charge in [0.1, 0.15) is 23.8 Å². The predicted molar refractivity (Wildman–Crippen MR) is 104 cm³/mol. The van der Waals surface area contributed by atoms with Crippen LogP contribution in [0.2, 0.25) is 0 Å². The van der Waals surface area contributed by atoms with E-state index in [1.807, 2.05) is 0 Å². The largest absolute Gasteiger partial charge is 0.573 e. The van der Waals surface area contributed by atoms with Gasteiger partial charge in [-0.25, -0.2) is 9.78 Å². The molecule has 8 nitrogen and oxygen atoms in total. The van der Waals surface area contributed by atoms with Gasteiger partial charge in [-0.1, -0.05) is 12.1 Å². The highest BCUT2D eigenvalue weighted by Crippen LogP contribution is 2.32. The molecule has 11 heteroatoms. The van der Waals surface area contributed by atoms with Crippen LogP contribution in [0, 0.1) is 11.8 Å². The summed E-state index contributed by atoms with van der Waals surface area (Å²) in [4.78, 5) is 32.2. The van der Waals surface area contributed by atoms with Gasteiger partial charge >= 0.3 is 12.5 Å².